The number of benzene rings is 1. The molecule has 2 atom stereocenters. The van der Waals surface area contributed by atoms with Crippen molar-refractivity contribution in [3.8, 4) is 0 Å². The first-order valence-corrected chi connectivity index (χ1v) is 7.80. The molecule has 2 N–H and O–H groups in total. The molecule has 4 nitrogen and oxygen atoms in total. The van der Waals surface area contributed by atoms with Crippen molar-refractivity contribution < 1.29 is 9.53 Å². The van der Waals surface area contributed by atoms with Gasteiger partial charge in [0.25, 0.3) is 0 Å². The quantitative estimate of drug-likeness (QED) is 0.878. The summed E-state index contributed by atoms with van der Waals surface area (Å²) in [7, 11) is 0. The molecule has 1 aromatic carbocycles. The zero-order valence-corrected chi connectivity index (χ0v) is 12.8. The van der Waals surface area contributed by atoms with Crippen molar-refractivity contribution >= 4 is 11.6 Å². The van der Waals surface area contributed by atoms with Crippen LogP contribution in [0.25, 0.3) is 0 Å². The Morgan fingerprint density at radius 1 is 1.38 bits per heavy atom. The Morgan fingerprint density at radius 3 is 3.00 bits per heavy atom. The van der Waals surface area contributed by atoms with Gasteiger partial charge >= 0.3 is 0 Å². The van der Waals surface area contributed by atoms with Gasteiger partial charge in [-0.2, -0.15) is 0 Å². The Morgan fingerprint density at radius 2 is 2.19 bits per heavy atom. The van der Waals surface area contributed by atoms with Crippen LogP contribution in [0.4, 0.5) is 5.69 Å². The van der Waals surface area contributed by atoms with Gasteiger partial charge in [0, 0.05) is 24.9 Å². The summed E-state index contributed by atoms with van der Waals surface area (Å²) in [5.41, 5.74) is 2.26. The van der Waals surface area contributed by atoms with E-state index in [1.165, 1.54) is 5.56 Å². The Balaban J connectivity index is 1.59. The summed E-state index contributed by atoms with van der Waals surface area (Å²) in [5.74, 6) is 0.186. The van der Waals surface area contributed by atoms with Gasteiger partial charge in [-0.25, -0.2) is 0 Å². The number of rotatable bonds is 2. The van der Waals surface area contributed by atoms with Crippen LogP contribution in [0.2, 0.25) is 0 Å². The third kappa shape index (κ3) is 3.38. The molecule has 114 valence electrons. The number of hydrogen-bond acceptors (Lipinski definition) is 3. The standard InChI is InChI=1S/C17H24N2O2/c1-17(2)10-14(7-8-21-17)19-16(20)13-9-12-5-3-4-6-15(12)18-11-13/h3-6,13-14,18H,7-11H2,1-2H3,(H,19,20). The van der Waals surface area contributed by atoms with Crippen LogP contribution in [-0.4, -0.2) is 30.7 Å². The highest BCUT2D eigenvalue weighted by Gasteiger charge is 2.32. The van der Waals surface area contributed by atoms with Crippen LogP contribution < -0.4 is 10.6 Å². The van der Waals surface area contributed by atoms with E-state index in [0.29, 0.717) is 0 Å². The first kappa shape index (κ1) is 14.4. The largest absolute Gasteiger partial charge is 0.384 e. The van der Waals surface area contributed by atoms with Crippen LogP contribution in [-0.2, 0) is 16.0 Å². The third-order valence-electron chi connectivity index (χ3n) is 4.44. The molecular weight excluding hydrogens is 264 g/mol. The van der Waals surface area contributed by atoms with Crippen molar-refractivity contribution in [1.29, 1.82) is 0 Å². The van der Waals surface area contributed by atoms with Crippen molar-refractivity contribution in [3.63, 3.8) is 0 Å². The summed E-state index contributed by atoms with van der Waals surface area (Å²) in [5, 5.41) is 6.58. The first-order valence-electron chi connectivity index (χ1n) is 7.80. The SMILES string of the molecule is CC1(C)CC(NC(=O)C2CNc3ccccc3C2)CCO1. The predicted octanol–water partition coefficient (Wildman–Crippen LogP) is 2.34. The smallest absolute Gasteiger partial charge is 0.225 e. The summed E-state index contributed by atoms with van der Waals surface area (Å²) in [6.45, 7) is 5.62. The van der Waals surface area contributed by atoms with Crippen LogP contribution in [0.1, 0.15) is 32.3 Å². The number of fused-ring (bicyclic) bond motifs is 1. The van der Waals surface area contributed by atoms with E-state index in [2.05, 4.69) is 36.6 Å². The maximum Gasteiger partial charge on any atom is 0.225 e. The normalized spacial score (nSPS) is 27.3. The summed E-state index contributed by atoms with van der Waals surface area (Å²) in [4.78, 5) is 12.5. The maximum atomic E-state index is 12.5. The fourth-order valence-corrected chi connectivity index (χ4v) is 3.30. The molecule has 3 rings (SSSR count). The van der Waals surface area contributed by atoms with E-state index in [1.54, 1.807) is 0 Å². The minimum atomic E-state index is -0.131. The molecule has 1 amide bonds. The molecule has 1 fully saturated rings. The van der Waals surface area contributed by atoms with Crippen molar-refractivity contribution in [2.45, 2.75) is 44.8 Å². The van der Waals surface area contributed by atoms with E-state index >= 15 is 0 Å². The monoisotopic (exact) mass is 288 g/mol. The molecule has 0 spiro atoms. The molecular formula is C17H24N2O2. The molecule has 1 aromatic rings. The van der Waals surface area contributed by atoms with E-state index < -0.39 is 0 Å². The zero-order chi connectivity index (χ0) is 14.9. The number of nitrogens with one attached hydrogen (secondary N) is 2. The van der Waals surface area contributed by atoms with Crippen LogP contribution in [0.5, 0.6) is 0 Å². The second-order valence-corrected chi connectivity index (χ2v) is 6.75. The van der Waals surface area contributed by atoms with Crippen LogP contribution in [0.3, 0.4) is 0 Å². The van der Waals surface area contributed by atoms with Crippen LogP contribution in [0.15, 0.2) is 24.3 Å². The molecule has 0 saturated carbocycles. The molecule has 21 heavy (non-hydrogen) atoms. The molecule has 2 unspecified atom stereocenters. The Labute approximate surface area is 126 Å². The zero-order valence-electron chi connectivity index (χ0n) is 12.8. The predicted molar refractivity (Wildman–Crippen MR) is 83.3 cm³/mol. The van der Waals surface area contributed by atoms with Crippen molar-refractivity contribution in [2.24, 2.45) is 5.92 Å². The lowest BCUT2D eigenvalue weighted by Gasteiger charge is -2.36. The number of hydrogen-bond donors (Lipinski definition) is 2. The molecule has 0 bridgehead atoms. The van der Waals surface area contributed by atoms with E-state index in [-0.39, 0.29) is 23.5 Å². The van der Waals surface area contributed by atoms with Crippen molar-refractivity contribution in [1.82, 2.24) is 5.32 Å². The summed E-state index contributed by atoms with van der Waals surface area (Å²) < 4.78 is 5.71. The number of carbonyl (C=O) groups is 1. The highest BCUT2D eigenvalue weighted by Crippen LogP contribution is 2.26. The Bertz CT molecular complexity index is 527. The van der Waals surface area contributed by atoms with Gasteiger partial charge in [-0.05, 0) is 44.7 Å². The third-order valence-corrected chi connectivity index (χ3v) is 4.44. The van der Waals surface area contributed by atoms with Gasteiger partial charge in [0.2, 0.25) is 5.91 Å². The number of ether oxygens (including phenoxy) is 1. The fraction of sp³-hybridized carbons (Fsp3) is 0.588. The molecule has 0 aliphatic carbocycles. The minimum absolute atomic E-state index is 0.0193. The van der Waals surface area contributed by atoms with E-state index in [4.69, 9.17) is 4.74 Å². The minimum Gasteiger partial charge on any atom is -0.384 e. The molecule has 2 aliphatic heterocycles. The van der Waals surface area contributed by atoms with Crippen molar-refractivity contribution in [2.75, 3.05) is 18.5 Å². The van der Waals surface area contributed by atoms with Gasteiger partial charge in [0.1, 0.15) is 0 Å². The average Bonchev–Trinajstić information content (AvgIpc) is 2.45. The van der Waals surface area contributed by atoms with Crippen LogP contribution >= 0.6 is 0 Å². The molecule has 2 aliphatic rings. The van der Waals surface area contributed by atoms with Gasteiger partial charge < -0.3 is 15.4 Å². The number of para-hydroxylation sites is 1. The molecule has 0 aromatic heterocycles. The lowest BCUT2D eigenvalue weighted by molar-refractivity contribution is -0.127. The maximum absolute atomic E-state index is 12.5. The fourth-order valence-electron chi connectivity index (χ4n) is 3.30. The van der Waals surface area contributed by atoms with Gasteiger partial charge in [-0.15, -0.1) is 0 Å². The van der Waals surface area contributed by atoms with E-state index in [0.717, 1.165) is 38.1 Å². The van der Waals surface area contributed by atoms with E-state index in [9.17, 15) is 4.79 Å². The summed E-state index contributed by atoms with van der Waals surface area (Å²) in [6.07, 6.45) is 2.61. The second kappa shape index (κ2) is 5.68. The first-order chi connectivity index (χ1) is 10.0. The lowest BCUT2D eigenvalue weighted by Crippen LogP contribution is -2.49. The van der Waals surface area contributed by atoms with Crippen molar-refractivity contribution in [3.05, 3.63) is 29.8 Å². The van der Waals surface area contributed by atoms with E-state index in [1.807, 2.05) is 12.1 Å². The highest BCUT2D eigenvalue weighted by atomic mass is 16.5. The summed E-state index contributed by atoms with van der Waals surface area (Å²) in [6, 6.07) is 8.46. The topological polar surface area (TPSA) is 50.4 Å². The molecule has 4 heteroatoms. The summed E-state index contributed by atoms with van der Waals surface area (Å²) >= 11 is 0. The van der Waals surface area contributed by atoms with Gasteiger partial charge in [0.05, 0.1) is 11.5 Å². The average molecular weight is 288 g/mol. The molecule has 1 saturated heterocycles. The Kier molecular flexibility index (Phi) is 3.89. The van der Waals surface area contributed by atoms with Crippen LogP contribution in [0, 0.1) is 5.92 Å². The lowest BCUT2D eigenvalue weighted by atomic mass is 9.91. The Hall–Kier alpha value is -1.55. The van der Waals surface area contributed by atoms with Gasteiger partial charge in [-0.3, -0.25) is 4.79 Å². The molecule has 2 heterocycles. The number of amides is 1. The van der Waals surface area contributed by atoms with Gasteiger partial charge in [0.15, 0.2) is 0 Å². The number of anilines is 1. The highest BCUT2D eigenvalue weighted by molar-refractivity contribution is 5.81. The second-order valence-electron chi connectivity index (χ2n) is 6.75. The van der Waals surface area contributed by atoms with Gasteiger partial charge in [-0.1, -0.05) is 18.2 Å². The number of carbonyl (C=O) groups excluding carboxylic acids is 1. The molecule has 0 radical (unpaired) electrons.